The molecule has 0 unspecified atom stereocenters. The van der Waals surface area contributed by atoms with E-state index in [4.69, 9.17) is 0 Å². The van der Waals surface area contributed by atoms with Gasteiger partial charge in [0.15, 0.2) is 0 Å². The van der Waals surface area contributed by atoms with Crippen LogP contribution in [0.4, 0.5) is 11.6 Å². The highest BCUT2D eigenvalue weighted by Gasteiger charge is 2.32. The number of carbonyl (C=O) groups is 1. The van der Waals surface area contributed by atoms with Crippen LogP contribution in [0, 0.1) is 29.6 Å². The summed E-state index contributed by atoms with van der Waals surface area (Å²) in [5.41, 5.74) is 1.24. The summed E-state index contributed by atoms with van der Waals surface area (Å²) in [6.45, 7) is 6.84. The van der Waals surface area contributed by atoms with E-state index in [9.17, 15) is 18.3 Å². The average molecular weight is 582 g/mol. The van der Waals surface area contributed by atoms with Crippen LogP contribution in [0.15, 0.2) is 42.5 Å². The average Bonchev–Trinajstić information content (AvgIpc) is 3.89. The van der Waals surface area contributed by atoms with Crippen molar-refractivity contribution in [3.8, 4) is 11.8 Å². The van der Waals surface area contributed by atoms with Crippen molar-refractivity contribution in [3.05, 3.63) is 53.6 Å². The quantitative estimate of drug-likeness (QED) is 0.200. The van der Waals surface area contributed by atoms with Gasteiger partial charge in [0.2, 0.25) is 10.0 Å². The Labute approximate surface area is 244 Å². The van der Waals surface area contributed by atoms with Gasteiger partial charge in [-0.2, -0.15) is 0 Å². The van der Waals surface area contributed by atoms with E-state index in [1.165, 1.54) is 13.1 Å². The third-order valence-electron chi connectivity index (χ3n) is 7.73. The number of nitrogens with zero attached hydrogens (tertiary/aromatic N) is 2. The fraction of sp³-hybridized carbons (Fsp3) is 0.548. The molecule has 1 heterocycles. The van der Waals surface area contributed by atoms with Gasteiger partial charge in [-0.1, -0.05) is 49.1 Å². The van der Waals surface area contributed by atoms with Gasteiger partial charge in [-0.3, -0.25) is 9.10 Å². The number of hydrogen-bond donors (Lipinski definition) is 4. The van der Waals surface area contributed by atoms with E-state index in [-0.39, 0.29) is 17.9 Å². The van der Waals surface area contributed by atoms with Gasteiger partial charge >= 0.3 is 0 Å². The Bertz CT molecular complexity index is 1350. The number of carbonyl (C=O) groups excluding carboxylic acids is 1. The van der Waals surface area contributed by atoms with E-state index in [0.29, 0.717) is 43.1 Å². The van der Waals surface area contributed by atoms with Crippen molar-refractivity contribution in [2.75, 3.05) is 36.3 Å². The van der Waals surface area contributed by atoms with E-state index in [2.05, 4.69) is 39.7 Å². The molecule has 4 rings (SSSR count). The summed E-state index contributed by atoms with van der Waals surface area (Å²) in [5, 5.41) is 19.9. The summed E-state index contributed by atoms with van der Waals surface area (Å²) in [6.07, 6.45) is 3.00. The van der Waals surface area contributed by atoms with Gasteiger partial charge in [0.05, 0.1) is 23.9 Å². The van der Waals surface area contributed by atoms with Crippen LogP contribution < -0.4 is 20.3 Å². The summed E-state index contributed by atoms with van der Waals surface area (Å²) in [4.78, 5) is 18.2. The fourth-order valence-electron chi connectivity index (χ4n) is 4.52. The van der Waals surface area contributed by atoms with Crippen molar-refractivity contribution in [1.29, 1.82) is 0 Å². The second kappa shape index (κ2) is 13.7. The minimum atomic E-state index is -3.66. The molecule has 9 nitrogen and oxygen atoms in total. The molecule has 0 saturated heterocycles. The van der Waals surface area contributed by atoms with Crippen LogP contribution in [0.5, 0.6) is 0 Å². The number of amides is 1. The third kappa shape index (κ3) is 8.93. The second-order valence-corrected chi connectivity index (χ2v) is 14.1. The molecule has 2 saturated carbocycles. The Balaban J connectivity index is 1.53. The van der Waals surface area contributed by atoms with Crippen LogP contribution in [0.2, 0.25) is 0 Å². The molecule has 1 aromatic carbocycles. The molecule has 222 valence electrons. The van der Waals surface area contributed by atoms with Crippen molar-refractivity contribution >= 4 is 27.6 Å². The Morgan fingerprint density at radius 2 is 1.90 bits per heavy atom. The molecule has 0 spiro atoms. The number of rotatable bonds is 14. The number of sulfonamides is 1. The Kier molecular flexibility index (Phi) is 10.3. The molecular weight excluding hydrogens is 538 g/mol. The number of aliphatic hydroxyl groups excluding tert-OH is 1. The standard InChI is InChI=1S/C31H43N5O4S/c1-21(2)41(39,40)36(4)30-18-25(17-29(35-30)33-19-26-15-22(26)3)31(38)34-27(16-24-9-6-5-7-10-24)28(37)20-32-14-8-11-23-12-13-23/h5-7,9-10,17-18,21-23,26-28,32,37H,12-16,19-20H2,1-4H3,(H,33,35)(H,34,38)/t22-,26+,27-,28+/m0/s1. The van der Waals surface area contributed by atoms with Crippen LogP contribution in [-0.4, -0.2) is 68.5 Å². The summed E-state index contributed by atoms with van der Waals surface area (Å²) >= 11 is 0. The van der Waals surface area contributed by atoms with Crippen molar-refractivity contribution in [2.24, 2.45) is 17.8 Å². The van der Waals surface area contributed by atoms with E-state index < -0.39 is 33.3 Å². The monoisotopic (exact) mass is 581 g/mol. The number of pyridine rings is 1. The molecule has 2 fully saturated rings. The zero-order valence-electron chi connectivity index (χ0n) is 24.4. The molecule has 0 radical (unpaired) electrons. The van der Waals surface area contributed by atoms with Gasteiger partial charge in [-0.05, 0) is 69.1 Å². The van der Waals surface area contributed by atoms with Gasteiger partial charge in [0.1, 0.15) is 11.6 Å². The molecule has 1 amide bonds. The number of hydrogen-bond acceptors (Lipinski definition) is 7. The normalized spacial score (nSPS) is 19.6. The second-order valence-electron chi connectivity index (χ2n) is 11.6. The fourth-order valence-corrected chi connectivity index (χ4v) is 5.50. The number of anilines is 2. The topological polar surface area (TPSA) is 124 Å². The molecule has 2 aromatic rings. The van der Waals surface area contributed by atoms with Crippen LogP contribution in [0.3, 0.4) is 0 Å². The largest absolute Gasteiger partial charge is 0.390 e. The molecule has 4 N–H and O–H groups in total. The summed E-state index contributed by atoms with van der Waals surface area (Å²) < 4.78 is 27.0. The first-order chi connectivity index (χ1) is 19.5. The van der Waals surface area contributed by atoms with Crippen LogP contribution >= 0.6 is 0 Å². The Morgan fingerprint density at radius 3 is 2.54 bits per heavy atom. The van der Waals surface area contributed by atoms with Crippen molar-refractivity contribution < 1.29 is 18.3 Å². The molecule has 1 aromatic heterocycles. The lowest BCUT2D eigenvalue weighted by Gasteiger charge is -2.25. The van der Waals surface area contributed by atoms with Crippen molar-refractivity contribution in [1.82, 2.24) is 15.6 Å². The van der Waals surface area contributed by atoms with Gasteiger partial charge < -0.3 is 21.1 Å². The van der Waals surface area contributed by atoms with Crippen LogP contribution in [0.1, 0.15) is 56.0 Å². The lowest BCUT2D eigenvalue weighted by Crippen LogP contribution is -2.48. The number of nitrogens with one attached hydrogen (secondary N) is 3. The SMILES string of the molecule is CC(C)S(=O)(=O)N(C)c1cc(C(=O)N[C@@H](Cc2ccccc2)[C@H](O)CNCC#CC2CC2)cc(NC[C@H]2C[C@@H]2C)n1. The van der Waals surface area contributed by atoms with Crippen LogP contribution in [0.25, 0.3) is 0 Å². The highest BCUT2D eigenvalue weighted by atomic mass is 32.2. The molecule has 0 bridgehead atoms. The van der Waals surface area contributed by atoms with E-state index in [1.807, 2.05) is 30.3 Å². The predicted octanol–water partition coefficient (Wildman–Crippen LogP) is 3.03. The summed E-state index contributed by atoms with van der Waals surface area (Å²) in [6, 6.07) is 12.2. The molecule has 2 aliphatic rings. The number of aliphatic hydroxyl groups is 1. The number of aromatic nitrogens is 1. The maximum Gasteiger partial charge on any atom is 0.251 e. The highest BCUT2D eigenvalue weighted by Crippen LogP contribution is 2.37. The minimum absolute atomic E-state index is 0.161. The lowest BCUT2D eigenvalue weighted by molar-refractivity contribution is 0.0832. The van der Waals surface area contributed by atoms with Crippen molar-refractivity contribution in [2.45, 2.75) is 63.9 Å². The first kappa shape index (κ1) is 30.8. The van der Waals surface area contributed by atoms with E-state index >= 15 is 0 Å². The maximum absolute atomic E-state index is 13.6. The lowest BCUT2D eigenvalue weighted by atomic mass is 10.0. The molecule has 4 atom stereocenters. The smallest absolute Gasteiger partial charge is 0.251 e. The molecule has 41 heavy (non-hydrogen) atoms. The van der Waals surface area contributed by atoms with E-state index in [1.54, 1.807) is 19.9 Å². The molecule has 0 aliphatic heterocycles. The maximum atomic E-state index is 13.6. The van der Waals surface area contributed by atoms with Crippen LogP contribution in [-0.2, 0) is 16.4 Å². The first-order valence-electron chi connectivity index (χ1n) is 14.5. The van der Waals surface area contributed by atoms with E-state index in [0.717, 1.165) is 29.1 Å². The first-order valence-corrected chi connectivity index (χ1v) is 16.0. The van der Waals surface area contributed by atoms with Gasteiger partial charge in [0, 0.05) is 31.6 Å². The zero-order valence-corrected chi connectivity index (χ0v) is 25.2. The van der Waals surface area contributed by atoms with Gasteiger partial charge in [-0.25, -0.2) is 13.4 Å². The van der Waals surface area contributed by atoms with Crippen molar-refractivity contribution in [3.63, 3.8) is 0 Å². The molecule has 2 aliphatic carbocycles. The highest BCUT2D eigenvalue weighted by molar-refractivity contribution is 7.93. The Morgan fingerprint density at radius 1 is 1.20 bits per heavy atom. The Hall–Kier alpha value is -3.13. The third-order valence-corrected chi connectivity index (χ3v) is 9.87. The van der Waals surface area contributed by atoms with Gasteiger partial charge in [0.25, 0.3) is 5.91 Å². The van der Waals surface area contributed by atoms with Gasteiger partial charge in [-0.15, -0.1) is 0 Å². The molecule has 10 heteroatoms. The predicted molar refractivity (Wildman–Crippen MR) is 163 cm³/mol. The zero-order chi connectivity index (χ0) is 29.6. The summed E-state index contributed by atoms with van der Waals surface area (Å²) in [7, 11) is -2.21. The summed E-state index contributed by atoms with van der Waals surface area (Å²) in [5.74, 6) is 8.15. The number of benzene rings is 1. The molecular formula is C31H43N5O4S. The minimum Gasteiger partial charge on any atom is -0.390 e.